The van der Waals surface area contributed by atoms with E-state index >= 15 is 0 Å². The van der Waals surface area contributed by atoms with Crippen LogP contribution in [-0.2, 0) is 13.1 Å². The molecule has 0 aliphatic heterocycles. The topological polar surface area (TPSA) is 37.2 Å². The van der Waals surface area contributed by atoms with E-state index in [1.54, 1.807) is 6.92 Å². The maximum atomic E-state index is 9.39. The largest absolute Gasteiger partial charge is 0.392 e. The standard InChI is InChI=1S/C19H21ClN2O/c1-14(23)10-21-11-16-13-22(19-8-3-2-7-18(16)19)12-15-5-4-6-17(20)9-15/h2-9,13-14,21,23H,10-12H2,1H3/t14-/m0/s1. The summed E-state index contributed by atoms with van der Waals surface area (Å²) in [6.07, 6.45) is 1.84. The van der Waals surface area contributed by atoms with Crippen LogP contribution in [0.4, 0.5) is 0 Å². The Kier molecular flexibility index (Phi) is 5.01. The zero-order chi connectivity index (χ0) is 16.2. The van der Waals surface area contributed by atoms with Crippen molar-refractivity contribution in [3.8, 4) is 0 Å². The molecule has 0 radical (unpaired) electrons. The molecule has 0 bridgehead atoms. The van der Waals surface area contributed by atoms with E-state index in [0.29, 0.717) is 6.54 Å². The molecule has 3 nitrogen and oxygen atoms in total. The first-order chi connectivity index (χ1) is 11.1. The van der Waals surface area contributed by atoms with Gasteiger partial charge in [-0.3, -0.25) is 0 Å². The Labute approximate surface area is 141 Å². The molecule has 1 aromatic heterocycles. The number of aliphatic hydroxyl groups excluding tert-OH is 1. The molecule has 0 amide bonds. The molecule has 0 aliphatic rings. The number of halogens is 1. The monoisotopic (exact) mass is 328 g/mol. The smallest absolute Gasteiger partial charge is 0.0636 e. The summed E-state index contributed by atoms with van der Waals surface area (Å²) >= 11 is 6.09. The minimum absolute atomic E-state index is 0.338. The number of nitrogens with one attached hydrogen (secondary N) is 1. The van der Waals surface area contributed by atoms with Gasteiger partial charge in [0, 0.05) is 41.8 Å². The van der Waals surface area contributed by atoms with Gasteiger partial charge in [-0.15, -0.1) is 0 Å². The Morgan fingerprint density at radius 1 is 1.17 bits per heavy atom. The lowest BCUT2D eigenvalue weighted by Crippen LogP contribution is -2.23. The molecule has 4 heteroatoms. The molecule has 1 heterocycles. The van der Waals surface area contributed by atoms with Crippen LogP contribution in [0.25, 0.3) is 10.9 Å². The predicted octanol–water partition coefficient (Wildman–Crippen LogP) is 3.81. The van der Waals surface area contributed by atoms with E-state index in [4.69, 9.17) is 11.6 Å². The van der Waals surface area contributed by atoms with Gasteiger partial charge >= 0.3 is 0 Å². The number of aliphatic hydroxyl groups is 1. The van der Waals surface area contributed by atoms with Gasteiger partial charge in [0.2, 0.25) is 0 Å². The van der Waals surface area contributed by atoms with Gasteiger partial charge in [-0.25, -0.2) is 0 Å². The second kappa shape index (κ2) is 7.18. The SMILES string of the molecule is C[C@H](O)CNCc1cn(Cc2cccc(Cl)c2)c2ccccc12. The minimum atomic E-state index is -0.338. The molecule has 3 rings (SSSR count). The van der Waals surface area contributed by atoms with Crippen LogP contribution in [0.15, 0.2) is 54.7 Å². The van der Waals surface area contributed by atoms with Crippen LogP contribution < -0.4 is 5.32 Å². The Bertz CT molecular complexity index is 795. The number of para-hydroxylation sites is 1. The van der Waals surface area contributed by atoms with E-state index in [0.717, 1.165) is 18.1 Å². The van der Waals surface area contributed by atoms with Gasteiger partial charge in [0.25, 0.3) is 0 Å². The van der Waals surface area contributed by atoms with Gasteiger partial charge in [0.1, 0.15) is 0 Å². The maximum absolute atomic E-state index is 9.39. The Morgan fingerprint density at radius 2 is 2.00 bits per heavy atom. The molecule has 0 aliphatic carbocycles. The first-order valence-corrected chi connectivity index (χ1v) is 8.21. The first kappa shape index (κ1) is 16.1. The lowest BCUT2D eigenvalue weighted by molar-refractivity contribution is 0.191. The van der Waals surface area contributed by atoms with E-state index < -0.39 is 0 Å². The highest BCUT2D eigenvalue weighted by molar-refractivity contribution is 6.30. The highest BCUT2D eigenvalue weighted by Gasteiger charge is 2.09. The summed E-state index contributed by atoms with van der Waals surface area (Å²) in [4.78, 5) is 0. The van der Waals surface area contributed by atoms with Crippen LogP contribution in [0, 0.1) is 0 Å². The van der Waals surface area contributed by atoms with Crippen LogP contribution in [0.1, 0.15) is 18.1 Å². The average Bonchev–Trinajstić information content (AvgIpc) is 2.85. The third kappa shape index (κ3) is 3.94. The number of aromatic nitrogens is 1. The van der Waals surface area contributed by atoms with Gasteiger partial charge in [-0.2, -0.15) is 0 Å². The summed E-state index contributed by atoms with van der Waals surface area (Å²) < 4.78 is 2.25. The number of nitrogens with zero attached hydrogens (tertiary/aromatic N) is 1. The number of hydrogen-bond acceptors (Lipinski definition) is 2. The van der Waals surface area contributed by atoms with Gasteiger partial charge < -0.3 is 15.0 Å². The van der Waals surface area contributed by atoms with Crippen molar-refractivity contribution >= 4 is 22.5 Å². The lowest BCUT2D eigenvalue weighted by Gasteiger charge is -2.06. The van der Waals surface area contributed by atoms with Crippen molar-refractivity contribution in [2.24, 2.45) is 0 Å². The predicted molar refractivity (Wildman–Crippen MR) is 95.9 cm³/mol. The lowest BCUT2D eigenvalue weighted by atomic mass is 10.2. The Morgan fingerprint density at radius 3 is 2.78 bits per heavy atom. The van der Waals surface area contributed by atoms with Gasteiger partial charge in [0.05, 0.1) is 6.10 Å². The fourth-order valence-electron chi connectivity index (χ4n) is 2.84. The number of rotatable bonds is 6. The zero-order valence-electron chi connectivity index (χ0n) is 13.2. The molecule has 0 unspecified atom stereocenters. The number of fused-ring (bicyclic) bond motifs is 1. The van der Waals surface area contributed by atoms with Crippen LogP contribution >= 0.6 is 11.6 Å². The Balaban J connectivity index is 1.88. The summed E-state index contributed by atoms with van der Waals surface area (Å²) in [6.45, 7) is 3.91. The molecule has 1 atom stereocenters. The third-order valence-corrected chi connectivity index (χ3v) is 4.10. The third-order valence-electron chi connectivity index (χ3n) is 3.87. The summed E-state index contributed by atoms with van der Waals surface area (Å²) in [7, 11) is 0. The quantitative estimate of drug-likeness (QED) is 0.722. The highest BCUT2D eigenvalue weighted by Crippen LogP contribution is 2.23. The first-order valence-electron chi connectivity index (χ1n) is 7.83. The maximum Gasteiger partial charge on any atom is 0.0636 e. The van der Waals surface area contributed by atoms with Crippen molar-refractivity contribution in [1.29, 1.82) is 0 Å². The molecule has 0 saturated carbocycles. The van der Waals surface area contributed by atoms with E-state index in [9.17, 15) is 5.11 Å². The molecule has 0 spiro atoms. The van der Waals surface area contributed by atoms with Gasteiger partial charge in [-0.05, 0) is 36.2 Å². The van der Waals surface area contributed by atoms with Crippen LogP contribution in [0.2, 0.25) is 5.02 Å². The second-order valence-electron chi connectivity index (χ2n) is 5.91. The van der Waals surface area contributed by atoms with Crippen molar-refractivity contribution in [3.05, 3.63) is 70.9 Å². The highest BCUT2D eigenvalue weighted by atomic mass is 35.5. The van der Waals surface area contributed by atoms with Gasteiger partial charge in [-0.1, -0.05) is 41.9 Å². The zero-order valence-corrected chi connectivity index (χ0v) is 13.9. The van der Waals surface area contributed by atoms with E-state index in [2.05, 4.69) is 46.4 Å². The summed E-state index contributed by atoms with van der Waals surface area (Å²) in [6, 6.07) is 16.4. The number of hydrogen-bond donors (Lipinski definition) is 2. The fourth-order valence-corrected chi connectivity index (χ4v) is 3.06. The molecular weight excluding hydrogens is 308 g/mol. The van der Waals surface area contributed by atoms with Crippen LogP contribution in [0.5, 0.6) is 0 Å². The molecular formula is C19H21ClN2O. The molecule has 2 N–H and O–H groups in total. The van der Waals surface area contributed by atoms with Crippen molar-refractivity contribution in [3.63, 3.8) is 0 Å². The fraction of sp³-hybridized carbons (Fsp3) is 0.263. The average molecular weight is 329 g/mol. The molecule has 120 valence electrons. The summed E-state index contributed by atoms with van der Waals surface area (Å²) in [5.41, 5.74) is 3.63. The van der Waals surface area contributed by atoms with Crippen molar-refractivity contribution in [1.82, 2.24) is 9.88 Å². The number of benzene rings is 2. The van der Waals surface area contributed by atoms with Crippen molar-refractivity contribution in [2.45, 2.75) is 26.1 Å². The molecule has 3 aromatic rings. The molecule has 0 saturated heterocycles. The summed E-state index contributed by atoms with van der Waals surface area (Å²) in [5, 5.41) is 14.7. The molecule has 0 fully saturated rings. The van der Waals surface area contributed by atoms with Gasteiger partial charge in [0.15, 0.2) is 0 Å². The van der Waals surface area contributed by atoms with Crippen LogP contribution in [0.3, 0.4) is 0 Å². The minimum Gasteiger partial charge on any atom is -0.392 e. The van der Waals surface area contributed by atoms with E-state index in [1.807, 2.05) is 18.2 Å². The summed E-state index contributed by atoms with van der Waals surface area (Å²) in [5.74, 6) is 0. The molecule has 2 aromatic carbocycles. The van der Waals surface area contributed by atoms with Crippen LogP contribution in [-0.4, -0.2) is 22.3 Å². The van der Waals surface area contributed by atoms with Crippen molar-refractivity contribution < 1.29 is 5.11 Å². The van der Waals surface area contributed by atoms with Crippen molar-refractivity contribution in [2.75, 3.05) is 6.54 Å². The Hall–Kier alpha value is -1.81. The normalized spacial score (nSPS) is 12.7. The second-order valence-corrected chi connectivity index (χ2v) is 6.35. The van der Waals surface area contributed by atoms with E-state index in [-0.39, 0.29) is 6.10 Å². The molecule has 23 heavy (non-hydrogen) atoms. The van der Waals surface area contributed by atoms with E-state index in [1.165, 1.54) is 22.0 Å².